The van der Waals surface area contributed by atoms with Crippen LogP contribution < -0.4 is 5.73 Å². The van der Waals surface area contributed by atoms with Gasteiger partial charge >= 0.3 is 0 Å². The number of nitriles is 3. The predicted octanol–water partition coefficient (Wildman–Crippen LogP) is 2.71. The number of nitrogens with two attached hydrogens (primary N) is 1. The molecule has 0 bridgehead atoms. The second-order valence-electron chi connectivity index (χ2n) is 4.42. The zero-order valence-corrected chi connectivity index (χ0v) is 12.5. The molecule has 0 spiro atoms. The van der Waals surface area contributed by atoms with E-state index in [9.17, 15) is 5.26 Å². The van der Waals surface area contributed by atoms with Gasteiger partial charge in [0.15, 0.2) is 5.82 Å². The summed E-state index contributed by atoms with van der Waals surface area (Å²) in [5.41, 5.74) is 6.89. The van der Waals surface area contributed by atoms with Gasteiger partial charge in [0, 0.05) is 5.02 Å². The number of anilines is 1. The van der Waals surface area contributed by atoms with E-state index in [0.717, 1.165) is 5.56 Å². The molecule has 0 atom stereocenters. The van der Waals surface area contributed by atoms with Crippen LogP contribution in [0.4, 0.5) is 5.82 Å². The van der Waals surface area contributed by atoms with Gasteiger partial charge in [-0.1, -0.05) is 23.7 Å². The minimum atomic E-state index is -0.0950. The molecule has 7 heteroatoms. The highest BCUT2D eigenvalue weighted by Crippen LogP contribution is 2.20. The summed E-state index contributed by atoms with van der Waals surface area (Å²) in [7, 11) is 0. The Kier molecular flexibility index (Phi) is 4.89. The number of nitrogens with zero attached hydrogens (tertiary/aromatic N) is 5. The van der Waals surface area contributed by atoms with Crippen molar-refractivity contribution < 1.29 is 0 Å². The smallest absolute Gasteiger partial charge is 0.172 e. The summed E-state index contributed by atoms with van der Waals surface area (Å²) >= 11 is 5.82. The lowest BCUT2D eigenvalue weighted by molar-refractivity contribution is 1.02. The molecule has 1 aromatic heterocycles. The van der Waals surface area contributed by atoms with Crippen LogP contribution in [0.25, 0.3) is 11.6 Å². The highest BCUT2D eigenvalue weighted by molar-refractivity contribution is 6.30. The molecule has 0 saturated heterocycles. The molecule has 0 aliphatic rings. The summed E-state index contributed by atoms with van der Waals surface area (Å²) < 4.78 is 0. The molecule has 0 aliphatic carbocycles. The average Bonchev–Trinajstić information content (AvgIpc) is 2.54. The normalized spacial score (nSPS) is 10.4. The van der Waals surface area contributed by atoms with Crippen LogP contribution in [-0.2, 0) is 6.42 Å². The summed E-state index contributed by atoms with van der Waals surface area (Å²) in [6.45, 7) is 0. The van der Waals surface area contributed by atoms with Gasteiger partial charge in [0.05, 0.1) is 23.8 Å². The summed E-state index contributed by atoms with van der Waals surface area (Å²) in [4.78, 5) is 8.12. The van der Waals surface area contributed by atoms with E-state index in [1.807, 2.05) is 18.2 Å². The fraction of sp³-hybridized carbons (Fsp3) is 0.0625. The number of halogens is 1. The maximum Gasteiger partial charge on any atom is 0.172 e. The first-order valence-electron chi connectivity index (χ1n) is 6.40. The van der Waals surface area contributed by atoms with Crippen LogP contribution in [0.2, 0.25) is 5.02 Å². The molecule has 0 aliphatic heterocycles. The number of rotatable bonds is 3. The van der Waals surface area contributed by atoms with Gasteiger partial charge in [0.25, 0.3) is 0 Å². The average molecular weight is 321 g/mol. The molecule has 0 radical (unpaired) electrons. The lowest BCUT2D eigenvalue weighted by Crippen LogP contribution is -2.07. The highest BCUT2D eigenvalue weighted by atomic mass is 35.5. The van der Waals surface area contributed by atoms with Gasteiger partial charge in [0.2, 0.25) is 0 Å². The Morgan fingerprint density at radius 1 is 1.17 bits per heavy atom. The van der Waals surface area contributed by atoms with Crippen molar-refractivity contribution in [2.24, 2.45) is 0 Å². The van der Waals surface area contributed by atoms with E-state index in [1.54, 1.807) is 30.3 Å². The van der Waals surface area contributed by atoms with Gasteiger partial charge in [-0.2, -0.15) is 15.8 Å². The zero-order valence-electron chi connectivity index (χ0n) is 11.8. The third-order valence-electron chi connectivity index (χ3n) is 2.91. The van der Waals surface area contributed by atoms with Crippen molar-refractivity contribution in [2.45, 2.75) is 6.42 Å². The molecular weight excluding hydrogens is 312 g/mol. The molecule has 1 aromatic carbocycles. The van der Waals surface area contributed by atoms with E-state index >= 15 is 0 Å². The third-order valence-corrected chi connectivity index (χ3v) is 3.16. The number of benzene rings is 1. The molecule has 6 nitrogen and oxygen atoms in total. The summed E-state index contributed by atoms with van der Waals surface area (Å²) in [5.74, 6) is 0.0178. The Hall–Kier alpha value is -3.40. The minimum absolute atomic E-state index is 0.0547. The van der Waals surface area contributed by atoms with E-state index in [2.05, 4.69) is 9.97 Å². The van der Waals surface area contributed by atoms with Crippen LogP contribution in [-0.4, -0.2) is 9.97 Å². The van der Waals surface area contributed by atoms with Crippen molar-refractivity contribution in [1.29, 1.82) is 15.8 Å². The summed E-state index contributed by atoms with van der Waals surface area (Å²) in [5, 5.41) is 27.8. The molecule has 0 amide bonds. The quantitative estimate of drug-likeness (QED) is 0.867. The Balaban J connectivity index is 2.55. The molecule has 2 aromatic rings. The minimum Gasteiger partial charge on any atom is -0.382 e. The van der Waals surface area contributed by atoms with E-state index in [-0.39, 0.29) is 34.9 Å². The largest absolute Gasteiger partial charge is 0.382 e. The fourth-order valence-electron chi connectivity index (χ4n) is 1.84. The van der Waals surface area contributed by atoms with Gasteiger partial charge in [-0.05, 0) is 23.8 Å². The van der Waals surface area contributed by atoms with Crippen LogP contribution in [0.15, 0.2) is 24.3 Å². The van der Waals surface area contributed by atoms with E-state index in [4.69, 9.17) is 27.9 Å². The molecule has 2 rings (SSSR count). The van der Waals surface area contributed by atoms with Gasteiger partial charge in [-0.25, -0.2) is 9.97 Å². The Morgan fingerprint density at radius 2 is 1.87 bits per heavy atom. The molecular formula is C16H9ClN6. The number of hydrogen-bond acceptors (Lipinski definition) is 6. The number of allylic oxidation sites excluding steroid dienone is 1. The molecule has 0 saturated carbocycles. The van der Waals surface area contributed by atoms with E-state index in [0.29, 0.717) is 5.02 Å². The maximum atomic E-state index is 9.34. The summed E-state index contributed by atoms with van der Waals surface area (Å²) in [6, 6.07) is 12.6. The molecule has 0 unspecified atom stereocenters. The first kappa shape index (κ1) is 16.0. The van der Waals surface area contributed by atoms with Crippen LogP contribution in [0.1, 0.15) is 22.6 Å². The Bertz CT molecular complexity index is 894. The van der Waals surface area contributed by atoms with Crippen molar-refractivity contribution in [1.82, 2.24) is 9.97 Å². The Morgan fingerprint density at radius 3 is 2.43 bits per heavy atom. The van der Waals surface area contributed by atoms with Crippen LogP contribution in [0, 0.1) is 34.0 Å². The lowest BCUT2D eigenvalue weighted by Gasteiger charge is -2.05. The zero-order chi connectivity index (χ0) is 16.8. The van der Waals surface area contributed by atoms with Crippen LogP contribution in [0.5, 0.6) is 0 Å². The predicted molar refractivity (Wildman–Crippen MR) is 85.4 cm³/mol. The fourth-order valence-corrected chi connectivity index (χ4v) is 1.97. The standard InChI is InChI=1S/C16H9ClN6/c17-12-3-1-10(2-4-12)7-11(8-19)16-22-14(5-6-18)13(9-20)15(21)23-16/h1-4,7H,5H2,(H2,21,22,23). The number of aromatic nitrogens is 2. The second kappa shape index (κ2) is 7.04. The van der Waals surface area contributed by atoms with Gasteiger partial charge in [0.1, 0.15) is 23.5 Å². The third kappa shape index (κ3) is 3.63. The Labute approximate surface area is 137 Å². The molecule has 0 fully saturated rings. The van der Waals surface area contributed by atoms with Crippen molar-refractivity contribution in [2.75, 3.05) is 5.73 Å². The second-order valence-corrected chi connectivity index (χ2v) is 4.86. The monoisotopic (exact) mass is 320 g/mol. The SMILES string of the molecule is N#CCc1nc(C(C#N)=Cc2ccc(Cl)cc2)nc(N)c1C#N. The summed E-state index contributed by atoms with van der Waals surface area (Å²) in [6.07, 6.45) is 1.48. The highest BCUT2D eigenvalue weighted by Gasteiger charge is 2.14. The van der Waals surface area contributed by atoms with Gasteiger partial charge in [-0.3, -0.25) is 0 Å². The van der Waals surface area contributed by atoms with Crippen molar-refractivity contribution in [3.63, 3.8) is 0 Å². The van der Waals surface area contributed by atoms with Gasteiger partial charge < -0.3 is 5.73 Å². The van der Waals surface area contributed by atoms with Crippen molar-refractivity contribution >= 4 is 29.1 Å². The van der Waals surface area contributed by atoms with Crippen LogP contribution in [0.3, 0.4) is 0 Å². The van der Waals surface area contributed by atoms with E-state index < -0.39 is 0 Å². The first-order valence-corrected chi connectivity index (χ1v) is 6.78. The molecule has 2 N–H and O–H groups in total. The van der Waals surface area contributed by atoms with Crippen molar-refractivity contribution in [3.8, 4) is 18.2 Å². The van der Waals surface area contributed by atoms with Gasteiger partial charge in [-0.15, -0.1) is 0 Å². The molecule has 23 heavy (non-hydrogen) atoms. The van der Waals surface area contributed by atoms with E-state index in [1.165, 1.54) is 0 Å². The number of nitrogen functional groups attached to an aromatic ring is 1. The lowest BCUT2D eigenvalue weighted by atomic mass is 10.1. The topological polar surface area (TPSA) is 123 Å². The number of hydrogen-bond donors (Lipinski definition) is 1. The first-order chi connectivity index (χ1) is 11.1. The van der Waals surface area contributed by atoms with Crippen molar-refractivity contribution in [3.05, 3.63) is 51.9 Å². The molecule has 110 valence electrons. The maximum absolute atomic E-state index is 9.34. The molecule has 1 heterocycles. The van der Waals surface area contributed by atoms with Crippen LogP contribution >= 0.6 is 11.6 Å².